The molecule has 0 unspecified atom stereocenters. The highest BCUT2D eigenvalue weighted by Crippen LogP contribution is 2.29. The minimum Gasteiger partial charge on any atom is -0.494 e. The first-order valence-electron chi connectivity index (χ1n) is 4.54. The second-order valence-electron chi connectivity index (χ2n) is 3.20. The number of benzene rings is 1. The number of rotatable bonds is 3. The van der Waals surface area contributed by atoms with Crippen LogP contribution >= 0.6 is 11.6 Å². The molecule has 0 aliphatic heterocycles. The third kappa shape index (κ3) is 1.69. The van der Waals surface area contributed by atoms with Crippen LogP contribution < -0.4 is 4.74 Å². The Hall–Kier alpha value is -1.75. The molecule has 0 spiro atoms. The molecule has 0 aliphatic rings. The van der Waals surface area contributed by atoms with Gasteiger partial charge in [0.25, 0.3) is 0 Å². The third-order valence-corrected chi connectivity index (χ3v) is 2.57. The molecular formula is C10H9ClN2O3. The molecule has 0 amide bonds. The summed E-state index contributed by atoms with van der Waals surface area (Å²) in [5.74, 6) is -0.419. The number of carboxylic acid groups (broad SMARTS) is 1. The predicted molar refractivity (Wildman–Crippen MR) is 58.9 cm³/mol. The van der Waals surface area contributed by atoms with Crippen molar-refractivity contribution < 1.29 is 14.6 Å². The van der Waals surface area contributed by atoms with Crippen molar-refractivity contribution in [2.75, 3.05) is 7.11 Å². The lowest BCUT2D eigenvalue weighted by atomic mass is 10.2. The fourth-order valence-electron chi connectivity index (χ4n) is 1.49. The number of hydrogen-bond donors (Lipinski definition) is 1. The average Bonchev–Trinajstić information content (AvgIpc) is 2.55. The van der Waals surface area contributed by atoms with E-state index in [0.29, 0.717) is 21.8 Å². The summed E-state index contributed by atoms with van der Waals surface area (Å²) in [4.78, 5) is 10.6. The quantitative estimate of drug-likeness (QED) is 0.888. The Bertz CT molecular complexity index is 550. The van der Waals surface area contributed by atoms with E-state index in [4.69, 9.17) is 21.4 Å². The first kappa shape index (κ1) is 10.8. The summed E-state index contributed by atoms with van der Waals surface area (Å²) < 4.78 is 6.35. The molecule has 1 N–H and O–H groups in total. The monoisotopic (exact) mass is 240 g/mol. The smallest absolute Gasteiger partial charge is 0.325 e. The Kier molecular flexibility index (Phi) is 2.70. The summed E-state index contributed by atoms with van der Waals surface area (Å²) in [5.41, 5.74) is 0.566. The van der Waals surface area contributed by atoms with Crippen molar-refractivity contribution >= 4 is 28.5 Å². The summed E-state index contributed by atoms with van der Waals surface area (Å²) in [5, 5.41) is 13.8. The summed E-state index contributed by atoms with van der Waals surface area (Å²) in [6, 6.07) is 5.29. The second-order valence-corrected chi connectivity index (χ2v) is 3.56. The molecule has 84 valence electrons. The minimum absolute atomic E-state index is 0.267. The molecular weight excluding hydrogens is 232 g/mol. The SMILES string of the molecule is COc1cccc2c(Cl)n(CC(=O)O)nc12. The second kappa shape index (κ2) is 4.02. The highest BCUT2D eigenvalue weighted by molar-refractivity contribution is 6.34. The predicted octanol–water partition coefficient (Wildman–Crippen LogP) is 1.78. The van der Waals surface area contributed by atoms with E-state index in [1.807, 2.05) is 0 Å². The molecule has 1 heterocycles. The molecule has 5 nitrogen and oxygen atoms in total. The summed E-state index contributed by atoms with van der Waals surface area (Å²) in [6.45, 7) is -0.267. The van der Waals surface area contributed by atoms with Crippen molar-refractivity contribution in [3.63, 3.8) is 0 Å². The van der Waals surface area contributed by atoms with Gasteiger partial charge in [-0.3, -0.25) is 4.79 Å². The molecule has 1 aromatic carbocycles. The number of nitrogens with zero attached hydrogens (tertiary/aromatic N) is 2. The number of methoxy groups -OCH3 is 1. The standard InChI is InChI=1S/C10H9ClN2O3/c1-16-7-4-2-3-6-9(7)12-13(10(6)11)5-8(14)15/h2-4H,5H2,1H3,(H,14,15). The fraction of sp³-hybridized carbons (Fsp3) is 0.200. The summed E-state index contributed by atoms with van der Waals surface area (Å²) >= 11 is 6.01. The summed E-state index contributed by atoms with van der Waals surface area (Å²) in [6.07, 6.45) is 0. The maximum atomic E-state index is 10.6. The molecule has 0 saturated heterocycles. The van der Waals surface area contributed by atoms with Crippen LogP contribution in [0.1, 0.15) is 0 Å². The first-order valence-corrected chi connectivity index (χ1v) is 4.92. The van der Waals surface area contributed by atoms with E-state index in [1.54, 1.807) is 18.2 Å². The van der Waals surface area contributed by atoms with Crippen LogP contribution in [0.3, 0.4) is 0 Å². The Morgan fingerprint density at radius 3 is 3.00 bits per heavy atom. The molecule has 16 heavy (non-hydrogen) atoms. The Morgan fingerprint density at radius 2 is 2.38 bits per heavy atom. The highest BCUT2D eigenvalue weighted by Gasteiger charge is 2.14. The zero-order valence-electron chi connectivity index (χ0n) is 8.48. The van der Waals surface area contributed by atoms with E-state index in [0.717, 1.165) is 0 Å². The Balaban J connectivity index is 2.62. The van der Waals surface area contributed by atoms with Gasteiger partial charge in [-0.1, -0.05) is 17.7 Å². The fourth-order valence-corrected chi connectivity index (χ4v) is 1.74. The molecule has 2 aromatic rings. The molecule has 0 atom stereocenters. The third-order valence-electron chi connectivity index (χ3n) is 2.17. The van der Waals surface area contributed by atoms with Crippen LogP contribution in [-0.2, 0) is 11.3 Å². The van der Waals surface area contributed by atoms with Gasteiger partial charge in [0.05, 0.1) is 7.11 Å². The van der Waals surface area contributed by atoms with Gasteiger partial charge in [-0.2, -0.15) is 5.10 Å². The number of aromatic nitrogens is 2. The number of ether oxygens (including phenoxy) is 1. The van der Waals surface area contributed by atoms with Gasteiger partial charge >= 0.3 is 5.97 Å². The van der Waals surface area contributed by atoms with Gasteiger partial charge in [0.1, 0.15) is 23.0 Å². The first-order chi connectivity index (χ1) is 7.63. The van der Waals surface area contributed by atoms with Gasteiger partial charge in [0.15, 0.2) is 0 Å². The number of fused-ring (bicyclic) bond motifs is 1. The van der Waals surface area contributed by atoms with Crippen LogP contribution in [0.4, 0.5) is 0 Å². The van der Waals surface area contributed by atoms with Crippen molar-refractivity contribution in [1.29, 1.82) is 0 Å². The summed E-state index contributed by atoms with van der Waals surface area (Å²) in [7, 11) is 1.53. The van der Waals surface area contributed by atoms with E-state index >= 15 is 0 Å². The van der Waals surface area contributed by atoms with Crippen molar-refractivity contribution in [1.82, 2.24) is 9.78 Å². The van der Waals surface area contributed by atoms with Gasteiger partial charge < -0.3 is 9.84 Å². The largest absolute Gasteiger partial charge is 0.494 e. The molecule has 1 aromatic heterocycles. The van der Waals surface area contributed by atoms with Crippen LogP contribution in [0.15, 0.2) is 18.2 Å². The van der Waals surface area contributed by atoms with Crippen LogP contribution in [-0.4, -0.2) is 28.0 Å². The van der Waals surface area contributed by atoms with Gasteiger partial charge in [-0.15, -0.1) is 0 Å². The number of carboxylic acids is 1. The van der Waals surface area contributed by atoms with Crippen molar-refractivity contribution in [2.24, 2.45) is 0 Å². The molecule has 0 fully saturated rings. The number of aliphatic carboxylic acids is 1. The lowest BCUT2D eigenvalue weighted by molar-refractivity contribution is -0.137. The van der Waals surface area contributed by atoms with Crippen LogP contribution in [0.2, 0.25) is 5.15 Å². The lowest BCUT2D eigenvalue weighted by Crippen LogP contribution is -2.09. The van der Waals surface area contributed by atoms with Crippen molar-refractivity contribution in [3.8, 4) is 5.75 Å². The Morgan fingerprint density at radius 1 is 1.62 bits per heavy atom. The van der Waals surface area contributed by atoms with E-state index in [1.165, 1.54) is 11.8 Å². The van der Waals surface area contributed by atoms with Crippen molar-refractivity contribution in [2.45, 2.75) is 6.54 Å². The zero-order chi connectivity index (χ0) is 11.7. The normalized spacial score (nSPS) is 10.6. The maximum Gasteiger partial charge on any atom is 0.325 e. The molecule has 2 rings (SSSR count). The van der Waals surface area contributed by atoms with Gasteiger partial charge in [-0.05, 0) is 12.1 Å². The average molecular weight is 241 g/mol. The minimum atomic E-state index is -0.992. The van der Waals surface area contributed by atoms with E-state index in [9.17, 15) is 4.79 Å². The molecule has 0 bridgehead atoms. The van der Waals surface area contributed by atoms with E-state index in [2.05, 4.69) is 5.10 Å². The van der Waals surface area contributed by atoms with E-state index in [-0.39, 0.29) is 6.54 Å². The Labute approximate surface area is 96.2 Å². The molecule has 0 saturated carbocycles. The molecule has 0 radical (unpaired) electrons. The zero-order valence-corrected chi connectivity index (χ0v) is 9.23. The highest BCUT2D eigenvalue weighted by atomic mass is 35.5. The van der Waals surface area contributed by atoms with Gasteiger partial charge in [-0.25, -0.2) is 4.68 Å². The maximum absolute atomic E-state index is 10.6. The van der Waals surface area contributed by atoms with E-state index < -0.39 is 5.97 Å². The number of halogens is 1. The lowest BCUT2D eigenvalue weighted by Gasteiger charge is -1.98. The van der Waals surface area contributed by atoms with Crippen LogP contribution in [0, 0.1) is 0 Å². The number of hydrogen-bond acceptors (Lipinski definition) is 3. The van der Waals surface area contributed by atoms with Crippen LogP contribution in [0.25, 0.3) is 10.9 Å². The van der Waals surface area contributed by atoms with Crippen LogP contribution in [0.5, 0.6) is 5.75 Å². The molecule has 6 heteroatoms. The van der Waals surface area contributed by atoms with Gasteiger partial charge in [0.2, 0.25) is 0 Å². The topological polar surface area (TPSA) is 64.3 Å². The number of carbonyl (C=O) groups is 1. The molecule has 0 aliphatic carbocycles. The van der Waals surface area contributed by atoms with Gasteiger partial charge in [0, 0.05) is 5.39 Å². The van der Waals surface area contributed by atoms with Crippen molar-refractivity contribution in [3.05, 3.63) is 23.4 Å².